The molecule has 1 saturated heterocycles. The van der Waals surface area contributed by atoms with E-state index in [4.69, 9.17) is 9.84 Å². The summed E-state index contributed by atoms with van der Waals surface area (Å²) in [5.74, 6) is -4.80. The van der Waals surface area contributed by atoms with Crippen molar-refractivity contribution >= 4 is 29.4 Å². The number of likely N-dealkylation sites (tertiary alicyclic amines) is 1. The van der Waals surface area contributed by atoms with Crippen molar-refractivity contribution in [3.63, 3.8) is 0 Å². The number of phenols is 1. The second kappa shape index (κ2) is 8.58. The van der Waals surface area contributed by atoms with Gasteiger partial charge in [-0.3, -0.25) is 28.9 Å². The SMILES string of the molecule is COc1cc(O)ccc1C1C2=CCC3C(=O)N(CCC(=O)O)C(=O)C3C2CC2=C1C(=O)C(C)=CC2=O. The van der Waals surface area contributed by atoms with Crippen LogP contribution in [0.2, 0.25) is 0 Å². The molecule has 0 aromatic heterocycles. The number of methoxy groups -OCH3 is 1. The molecule has 0 saturated carbocycles. The number of nitrogens with zero attached hydrogens (tertiary/aromatic N) is 1. The molecule has 186 valence electrons. The first kappa shape index (κ1) is 23.7. The first-order valence-electron chi connectivity index (χ1n) is 11.8. The van der Waals surface area contributed by atoms with Crippen molar-refractivity contribution < 1.29 is 38.9 Å². The number of Topliss-reactive ketones (excluding diaryl/α,β-unsaturated/α-hetero) is 1. The maximum atomic E-state index is 13.4. The number of hydrogen-bond acceptors (Lipinski definition) is 7. The van der Waals surface area contributed by atoms with Gasteiger partial charge < -0.3 is 14.9 Å². The third-order valence-electron chi connectivity index (χ3n) is 7.73. The monoisotopic (exact) mass is 491 g/mol. The number of ether oxygens (including phenoxy) is 1. The van der Waals surface area contributed by atoms with Gasteiger partial charge in [-0.05, 0) is 37.8 Å². The van der Waals surface area contributed by atoms with E-state index in [1.165, 1.54) is 25.3 Å². The number of ketones is 2. The van der Waals surface area contributed by atoms with Crippen molar-refractivity contribution in [1.82, 2.24) is 4.90 Å². The van der Waals surface area contributed by atoms with E-state index in [2.05, 4.69) is 0 Å². The molecule has 9 heteroatoms. The highest BCUT2D eigenvalue weighted by Gasteiger charge is 2.56. The lowest BCUT2D eigenvalue weighted by molar-refractivity contribution is -0.142. The van der Waals surface area contributed by atoms with Crippen molar-refractivity contribution in [2.45, 2.75) is 32.1 Å². The molecule has 5 rings (SSSR count). The van der Waals surface area contributed by atoms with E-state index < -0.39 is 41.5 Å². The molecule has 1 aliphatic heterocycles. The number of carboxylic acid groups (broad SMARTS) is 1. The summed E-state index contributed by atoms with van der Waals surface area (Å²) in [6.07, 6.45) is 3.24. The third kappa shape index (κ3) is 3.49. The number of aromatic hydroxyl groups is 1. The second-order valence-electron chi connectivity index (χ2n) is 9.63. The molecule has 4 atom stereocenters. The van der Waals surface area contributed by atoms with Crippen LogP contribution in [0, 0.1) is 17.8 Å². The molecular weight excluding hydrogens is 466 g/mol. The molecule has 0 spiro atoms. The Morgan fingerprint density at radius 2 is 1.89 bits per heavy atom. The predicted octanol–water partition coefficient (Wildman–Crippen LogP) is 2.31. The van der Waals surface area contributed by atoms with Gasteiger partial charge in [-0.25, -0.2) is 0 Å². The summed E-state index contributed by atoms with van der Waals surface area (Å²) >= 11 is 0. The van der Waals surface area contributed by atoms with E-state index in [-0.39, 0.29) is 43.1 Å². The normalized spacial score (nSPS) is 27.3. The zero-order chi connectivity index (χ0) is 25.9. The van der Waals surface area contributed by atoms with Gasteiger partial charge in [0.05, 0.1) is 25.4 Å². The smallest absolute Gasteiger partial charge is 0.305 e. The van der Waals surface area contributed by atoms with Gasteiger partial charge in [-0.2, -0.15) is 0 Å². The fourth-order valence-electron chi connectivity index (χ4n) is 6.15. The number of imide groups is 1. The number of benzene rings is 1. The summed E-state index contributed by atoms with van der Waals surface area (Å²) in [4.78, 5) is 65.1. The number of phenolic OH excluding ortho intramolecular Hbond substituents is 1. The number of rotatable bonds is 5. The number of allylic oxidation sites excluding steroid dienone is 6. The molecule has 4 aliphatic rings. The van der Waals surface area contributed by atoms with Crippen LogP contribution in [0.3, 0.4) is 0 Å². The molecule has 2 N–H and O–H groups in total. The topological polar surface area (TPSA) is 138 Å². The summed E-state index contributed by atoms with van der Waals surface area (Å²) in [7, 11) is 1.44. The van der Waals surface area contributed by atoms with Crippen molar-refractivity contribution in [2.75, 3.05) is 13.7 Å². The summed E-state index contributed by atoms with van der Waals surface area (Å²) in [5.41, 5.74) is 2.31. The van der Waals surface area contributed by atoms with Gasteiger partial charge in [0.1, 0.15) is 11.5 Å². The molecule has 2 amide bonds. The Balaban J connectivity index is 1.65. The van der Waals surface area contributed by atoms with Crippen LogP contribution in [0.25, 0.3) is 0 Å². The number of aliphatic carboxylic acids is 1. The molecular formula is C27H25NO8. The zero-order valence-corrected chi connectivity index (χ0v) is 19.8. The summed E-state index contributed by atoms with van der Waals surface area (Å²) in [6, 6.07) is 4.55. The standard InChI is InChI=1S/C27H25NO8/c1-12-9-19(30)18-11-17-14(5-6-16-23(17)27(35)28(26(16)34)8-7-21(31)32)22(24(18)25(12)33)15-4-3-13(29)10-20(15)36-2/h3-5,9-10,16-17,22-23,29H,6-8,11H2,1-2H3,(H,31,32). The molecule has 0 radical (unpaired) electrons. The van der Waals surface area contributed by atoms with Gasteiger partial charge in [0, 0.05) is 40.8 Å². The molecule has 1 fully saturated rings. The number of carbonyl (C=O) groups is 5. The summed E-state index contributed by atoms with van der Waals surface area (Å²) in [5, 5.41) is 19.1. The Labute approximate surface area is 206 Å². The maximum Gasteiger partial charge on any atom is 0.305 e. The minimum absolute atomic E-state index is 0.0254. The Morgan fingerprint density at radius 3 is 2.58 bits per heavy atom. The molecule has 1 heterocycles. The van der Waals surface area contributed by atoms with E-state index in [0.717, 1.165) is 10.5 Å². The zero-order valence-electron chi connectivity index (χ0n) is 19.8. The van der Waals surface area contributed by atoms with E-state index in [1.807, 2.05) is 6.08 Å². The molecule has 1 aromatic rings. The minimum Gasteiger partial charge on any atom is -0.508 e. The van der Waals surface area contributed by atoms with Gasteiger partial charge in [0.2, 0.25) is 11.8 Å². The lowest BCUT2D eigenvalue weighted by Gasteiger charge is -2.42. The Bertz CT molecular complexity index is 1330. The average Bonchev–Trinajstić information content (AvgIpc) is 3.09. The van der Waals surface area contributed by atoms with Crippen LogP contribution in [-0.4, -0.2) is 58.1 Å². The minimum atomic E-state index is -1.11. The van der Waals surface area contributed by atoms with Crippen LogP contribution in [-0.2, 0) is 24.0 Å². The van der Waals surface area contributed by atoms with Crippen LogP contribution in [0.1, 0.15) is 37.7 Å². The molecule has 36 heavy (non-hydrogen) atoms. The first-order valence-corrected chi connectivity index (χ1v) is 11.8. The Hall–Kier alpha value is -4.01. The molecule has 1 aromatic carbocycles. The summed E-state index contributed by atoms with van der Waals surface area (Å²) in [6.45, 7) is 1.39. The highest BCUT2D eigenvalue weighted by atomic mass is 16.5. The van der Waals surface area contributed by atoms with Crippen molar-refractivity contribution in [1.29, 1.82) is 0 Å². The second-order valence-corrected chi connectivity index (χ2v) is 9.63. The number of carboxylic acids is 1. The van der Waals surface area contributed by atoms with Gasteiger partial charge in [0.25, 0.3) is 0 Å². The van der Waals surface area contributed by atoms with Gasteiger partial charge >= 0.3 is 5.97 Å². The van der Waals surface area contributed by atoms with Gasteiger partial charge in [-0.1, -0.05) is 17.7 Å². The molecule has 0 bridgehead atoms. The van der Waals surface area contributed by atoms with E-state index in [9.17, 15) is 29.1 Å². The Kier molecular flexibility index (Phi) is 5.65. The highest BCUT2D eigenvalue weighted by Crippen LogP contribution is 2.56. The third-order valence-corrected chi connectivity index (χ3v) is 7.73. The van der Waals surface area contributed by atoms with Crippen LogP contribution < -0.4 is 4.74 Å². The fourth-order valence-corrected chi connectivity index (χ4v) is 6.15. The lowest BCUT2D eigenvalue weighted by atomic mass is 9.59. The van der Waals surface area contributed by atoms with Crippen molar-refractivity contribution in [3.8, 4) is 11.5 Å². The number of amides is 2. The van der Waals surface area contributed by atoms with E-state index in [1.54, 1.807) is 13.0 Å². The van der Waals surface area contributed by atoms with Crippen LogP contribution in [0.4, 0.5) is 0 Å². The van der Waals surface area contributed by atoms with Gasteiger partial charge in [0.15, 0.2) is 11.6 Å². The molecule has 3 aliphatic carbocycles. The van der Waals surface area contributed by atoms with Crippen LogP contribution >= 0.6 is 0 Å². The lowest BCUT2D eigenvalue weighted by Crippen LogP contribution is -2.40. The van der Waals surface area contributed by atoms with E-state index in [0.29, 0.717) is 28.0 Å². The van der Waals surface area contributed by atoms with Crippen LogP contribution in [0.5, 0.6) is 11.5 Å². The average molecular weight is 491 g/mol. The molecule has 9 nitrogen and oxygen atoms in total. The fraction of sp³-hybridized carbons (Fsp3) is 0.370. The quantitative estimate of drug-likeness (QED) is 0.364. The van der Waals surface area contributed by atoms with Crippen molar-refractivity contribution in [2.24, 2.45) is 17.8 Å². The molecule has 4 unspecified atom stereocenters. The Morgan fingerprint density at radius 1 is 1.14 bits per heavy atom. The van der Waals surface area contributed by atoms with E-state index >= 15 is 0 Å². The number of hydrogen-bond donors (Lipinski definition) is 2. The predicted molar refractivity (Wildman–Crippen MR) is 125 cm³/mol. The van der Waals surface area contributed by atoms with Gasteiger partial charge in [-0.15, -0.1) is 0 Å². The first-order chi connectivity index (χ1) is 17.1. The maximum absolute atomic E-state index is 13.4. The van der Waals surface area contributed by atoms with Crippen molar-refractivity contribution in [3.05, 3.63) is 58.2 Å². The number of carbonyl (C=O) groups excluding carboxylic acids is 4. The largest absolute Gasteiger partial charge is 0.508 e. The van der Waals surface area contributed by atoms with Crippen LogP contribution in [0.15, 0.2) is 52.6 Å². The summed E-state index contributed by atoms with van der Waals surface area (Å²) < 4.78 is 5.52. The number of fused-ring (bicyclic) bond motifs is 3. The highest BCUT2D eigenvalue weighted by molar-refractivity contribution is 6.24.